The first-order chi connectivity index (χ1) is 13.1. The van der Waals surface area contributed by atoms with Crippen molar-refractivity contribution in [2.75, 3.05) is 14.1 Å². The van der Waals surface area contributed by atoms with Crippen molar-refractivity contribution in [3.8, 4) is 0 Å². The van der Waals surface area contributed by atoms with Gasteiger partial charge in [-0.15, -0.1) is 0 Å². The third-order valence-electron chi connectivity index (χ3n) is 4.65. The highest BCUT2D eigenvalue weighted by Crippen LogP contribution is 2.42. The fourth-order valence-electron chi connectivity index (χ4n) is 3.43. The smallest absolute Gasteiger partial charge is 0.106 e. The van der Waals surface area contributed by atoms with Crippen LogP contribution < -0.4 is 0 Å². The Morgan fingerprint density at radius 2 is 1.15 bits per heavy atom. The zero-order valence-electron chi connectivity index (χ0n) is 15.7. The zero-order valence-corrected chi connectivity index (χ0v) is 16.6. The number of benzene rings is 3. The van der Waals surface area contributed by atoms with Crippen LogP contribution >= 0.6 is 12.2 Å². The summed E-state index contributed by atoms with van der Waals surface area (Å²) in [4.78, 5) is 7.10. The quantitative estimate of drug-likeness (QED) is 0.252. The van der Waals surface area contributed by atoms with Crippen molar-refractivity contribution in [2.24, 2.45) is 4.99 Å². The van der Waals surface area contributed by atoms with Crippen molar-refractivity contribution in [3.63, 3.8) is 0 Å². The largest absolute Gasteiger partial charge is 0.369 e. The van der Waals surface area contributed by atoms with E-state index in [0.717, 1.165) is 0 Å². The molecule has 0 bridgehead atoms. The molecule has 0 amide bonds. The predicted molar refractivity (Wildman–Crippen MR) is 119 cm³/mol. The minimum Gasteiger partial charge on any atom is -0.369 e. The van der Waals surface area contributed by atoms with E-state index in [4.69, 9.17) is 12.2 Å². The SMILES string of the molecule is CN(C)C=NC(=S)CC(c1ccccc1)(c1ccccc1)c1ccccc1. The Labute approximate surface area is 167 Å². The molecule has 3 heteroatoms. The van der Waals surface area contributed by atoms with E-state index >= 15 is 0 Å². The Morgan fingerprint density at radius 3 is 1.48 bits per heavy atom. The Balaban J connectivity index is 2.21. The molecule has 0 saturated heterocycles. The van der Waals surface area contributed by atoms with E-state index in [0.29, 0.717) is 11.4 Å². The van der Waals surface area contributed by atoms with Gasteiger partial charge < -0.3 is 4.90 Å². The van der Waals surface area contributed by atoms with Gasteiger partial charge in [0, 0.05) is 20.5 Å². The summed E-state index contributed by atoms with van der Waals surface area (Å²) in [6.07, 6.45) is 2.40. The maximum absolute atomic E-state index is 5.70. The maximum atomic E-state index is 5.70. The van der Waals surface area contributed by atoms with Crippen LogP contribution in [0.4, 0.5) is 0 Å². The van der Waals surface area contributed by atoms with Crippen molar-refractivity contribution < 1.29 is 0 Å². The second-order valence-electron chi connectivity index (χ2n) is 6.78. The standard InChI is InChI=1S/C24H24N2S/c1-26(2)19-25-23(27)18-24(20-12-6-3-7-13-20,21-14-8-4-9-15-21)22-16-10-5-11-17-22/h3-17,19H,18H2,1-2H3. The van der Waals surface area contributed by atoms with Crippen LogP contribution in [0.1, 0.15) is 23.1 Å². The second-order valence-corrected chi connectivity index (χ2v) is 7.25. The molecule has 3 aromatic rings. The first kappa shape index (κ1) is 19.0. The highest BCUT2D eigenvalue weighted by atomic mass is 32.1. The summed E-state index contributed by atoms with van der Waals surface area (Å²) in [5.74, 6) is 0. The van der Waals surface area contributed by atoms with Gasteiger partial charge in [-0.1, -0.05) is 103 Å². The number of hydrogen-bond donors (Lipinski definition) is 0. The van der Waals surface area contributed by atoms with E-state index in [9.17, 15) is 0 Å². The van der Waals surface area contributed by atoms with Gasteiger partial charge in [-0.05, 0) is 16.7 Å². The lowest BCUT2D eigenvalue weighted by Gasteiger charge is -2.35. The maximum Gasteiger partial charge on any atom is 0.106 e. The summed E-state index contributed by atoms with van der Waals surface area (Å²) in [7, 11) is 3.90. The average Bonchev–Trinajstić information content (AvgIpc) is 2.72. The lowest BCUT2D eigenvalue weighted by Crippen LogP contribution is -2.31. The molecular weight excluding hydrogens is 348 g/mol. The highest BCUT2D eigenvalue weighted by Gasteiger charge is 2.37. The van der Waals surface area contributed by atoms with Crippen molar-refractivity contribution in [2.45, 2.75) is 11.8 Å². The molecule has 0 aliphatic carbocycles. The van der Waals surface area contributed by atoms with E-state index in [1.807, 2.05) is 37.2 Å². The molecule has 0 saturated carbocycles. The van der Waals surface area contributed by atoms with E-state index in [1.54, 1.807) is 6.34 Å². The van der Waals surface area contributed by atoms with Crippen LogP contribution in [0.3, 0.4) is 0 Å². The molecule has 2 nitrogen and oxygen atoms in total. The zero-order chi connectivity index (χ0) is 19.1. The fraction of sp³-hybridized carbons (Fsp3) is 0.167. The lowest BCUT2D eigenvalue weighted by molar-refractivity contribution is 0.636. The Kier molecular flexibility index (Phi) is 6.15. The molecule has 0 fully saturated rings. The number of thiocarbonyl (C=S) groups is 1. The highest BCUT2D eigenvalue weighted by molar-refractivity contribution is 7.80. The molecule has 0 spiro atoms. The van der Waals surface area contributed by atoms with Crippen LogP contribution in [0.15, 0.2) is 96.0 Å². The molecule has 0 radical (unpaired) electrons. The summed E-state index contributed by atoms with van der Waals surface area (Å²) in [5.41, 5.74) is 3.25. The van der Waals surface area contributed by atoms with Crippen molar-refractivity contribution >= 4 is 23.5 Å². The van der Waals surface area contributed by atoms with Gasteiger partial charge >= 0.3 is 0 Å². The van der Waals surface area contributed by atoms with Gasteiger partial charge in [0.15, 0.2) is 0 Å². The summed E-state index contributed by atoms with van der Waals surface area (Å²) < 4.78 is 0. The van der Waals surface area contributed by atoms with Gasteiger partial charge in [-0.3, -0.25) is 0 Å². The molecule has 0 unspecified atom stereocenters. The van der Waals surface area contributed by atoms with Gasteiger partial charge in [0.25, 0.3) is 0 Å². The van der Waals surface area contributed by atoms with E-state index in [1.165, 1.54) is 16.7 Å². The molecule has 3 rings (SSSR count). The molecule has 136 valence electrons. The molecule has 0 atom stereocenters. The summed E-state index contributed by atoms with van der Waals surface area (Å²) >= 11 is 5.70. The van der Waals surface area contributed by atoms with Crippen LogP contribution in [0.25, 0.3) is 0 Å². The number of hydrogen-bond acceptors (Lipinski definition) is 1. The van der Waals surface area contributed by atoms with Crippen molar-refractivity contribution in [3.05, 3.63) is 108 Å². The third kappa shape index (κ3) is 4.32. The van der Waals surface area contributed by atoms with Crippen molar-refractivity contribution in [1.82, 2.24) is 4.90 Å². The van der Waals surface area contributed by atoms with Gasteiger partial charge in [-0.2, -0.15) is 0 Å². The van der Waals surface area contributed by atoms with E-state index in [-0.39, 0.29) is 5.41 Å². The Bertz CT molecular complexity index is 791. The molecule has 0 N–H and O–H groups in total. The van der Waals surface area contributed by atoms with Gasteiger partial charge in [-0.25, -0.2) is 4.99 Å². The predicted octanol–water partition coefficient (Wildman–Crippen LogP) is 5.33. The number of rotatable bonds is 6. The van der Waals surface area contributed by atoms with Crippen molar-refractivity contribution in [1.29, 1.82) is 0 Å². The molecule has 0 aliphatic rings. The minimum absolute atomic E-state index is 0.384. The molecule has 0 aliphatic heterocycles. The topological polar surface area (TPSA) is 15.6 Å². The molecule has 27 heavy (non-hydrogen) atoms. The normalized spacial score (nSPS) is 11.5. The number of aliphatic imine (C=N–C) groups is 1. The average molecular weight is 373 g/mol. The van der Waals surface area contributed by atoms with Crippen LogP contribution in [0, 0.1) is 0 Å². The van der Waals surface area contributed by atoms with Crippen LogP contribution in [-0.2, 0) is 5.41 Å². The van der Waals surface area contributed by atoms with E-state index < -0.39 is 0 Å². The molecule has 0 aromatic heterocycles. The number of nitrogens with zero attached hydrogens (tertiary/aromatic N) is 2. The first-order valence-corrected chi connectivity index (χ1v) is 9.44. The van der Waals surface area contributed by atoms with Crippen LogP contribution in [0.5, 0.6) is 0 Å². The monoisotopic (exact) mass is 372 g/mol. The molecular formula is C24H24N2S. The minimum atomic E-state index is -0.384. The molecule has 0 heterocycles. The lowest BCUT2D eigenvalue weighted by atomic mass is 9.67. The van der Waals surface area contributed by atoms with Crippen LogP contribution in [-0.4, -0.2) is 30.3 Å². The molecule has 3 aromatic carbocycles. The summed E-state index contributed by atoms with van der Waals surface area (Å²) in [6.45, 7) is 0. The summed E-state index contributed by atoms with van der Waals surface area (Å²) in [6, 6.07) is 31.7. The second kappa shape index (κ2) is 8.74. The summed E-state index contributed by atoms with van der Waals surface area (Å²) in [5, 5.41) is 0. The van der Waals surface area contributed by atoms with Crippen LogP contribution in [0.2, 0.25) is 0 Å². The third-order valence-corrected chi connectivity index (χ3v) is 4.90. The van der Waals surface area contributed by atoms with E-state index in [2.05, 4.69) is 77.8 Å². The Morgan fingerprint density at radius 1 is 0.778 bits per heavy atom. The van der Waals surface area contributed by atoms with Gasteiger partial charge in [0.1, 0.15) is 4.99 Å². The Hall–Kier alpha value is -2.78. The first-order valence-electron chi connectivity index (χ1n) is 9.03. The van der Waals surface area contributed by atoms with Gasteiger partial charge in [0.05, 0.1) is 11.8 Å². The fourth-order valence-corrected chi connectivity index (χ4v) is 3.69. The van der Waals surface area contributed by atoms with Gasteiger partial charge in [0.2, 0.25) is 0 Å².